The van der Waals surface area contributed by atoms with Gasteiger partial charge in [0.2, 0.25) is 5.91 Å². The zero-order valence-corrected chi connectivity index (χ0v) is 15.8. The molecule has 0 aliphatic heterocycles. The highest BCUT2D eigenvalue weighted by Crippen LogP contribution is 2.14. The van der Waals surface area contributed by atoms with Crippen LogP contribution in [0.25, 0.3) is 0 Å². The lowest BCUT2D eigenvalue weighted by molar-refractivity contribution is -0.384. The largest absolute Gasteiger partial charge is 0.481 e. The molecule has 2 rings (SSSR count). The van der Waals surface area contributed by atoms with Gasteiger partial charge in [0.05, 0.1) is 10.8 Å². The maximum Gasteiger partial charge on any atom is 0.306 e. The zero-order chi connectivity index (χ0) is 21.4. The van der Waals surface area contributed by atoms with Crippen molar-refractivity contribution in [2.45, 2.75) is 19.8 Å². The third-order valence-electron chi connectivity index (χ3n) is 4.18. The predicted molar refractivity (Wildman–Crippen MR) is 106 cm³/mol. The van der Waals surface area contributed by atoms with Crippen LogP contribution < -0.4 is 10.6 Å². The van der Waals surface area contributed by atoms with E-state index in [1.165, 1.54) is 24.3 Å². The topological polar surface area (TPSA) is 139 Å². The van der Waals surface area contributed by atoms with Crippen LogP contribution >= 0.6 is 0 Å². The molecule has 2 amide bonds. The van der Waals surface area contributed by atoms with E-state index in [2.05, 4.69) is 10.6 Å². The van der Waals surface area contributed by atoms with Crippen molar-refractivity contribution in [3.05, 3.63) is 69.8 Å². The summed E-state index contributed by atoms with van der Waals surface area (Å²) in [6.45, 7) is 1.73. The van der Waals surface area contributed by atoms with Gasteiger partial charge in [-0.3, -0.25) is 24.5 Å². The average molecular weight is 399 g/mol. The molecule has 0 fully saturated rings. The van der Waals surface area contributed by atoms with Crippen molar-refractivity contribution in [3.63, 3.8) is 0 Å². The van der Waals surface area contributed by atoms with Gasteiger partial charge in [-0.2, -0.15) is 0 Å². The van der Waals surface area contributed by atoms with Gasteiger partial charge in [-0.15, -0.1) is 0 Å². The summed E-state index contributed by atoms with van der Waals surface area (Å²) in [6.07, 6.45) is 0.453. The molecule has 2 aromatic carbocycles. The molecule has 1 atom stereocenters. The molecule has 152 valence electrons. The van der Waals surface area contributed by atoms with Crippen LogP contribution in [0.4, 0.5) is 11.4 Å². The Morgan fingerprint density at radius 2 is 1.69 bits per heavy atom. The summed E-state index contributed by atoms with van der Waals surface area (Å²) in [7, 11) is 0. The zero-order valence-electron chi connectivity index (χ0n) is 15.8. The van der Waals surface area contributed by atoms with E-state index in [0.717, 1.165) is 5.56 Å². The van der Waals surface area contributed by atoms with Gasteiger partial charge in [0.1, 0.15) is 0 Å². The smallest absolute Gasteiger partial charge is 0.306 e. The number of nitrogens with one attached hydrogen (secondary N) is 2. The first-order chi connectivity index (χ1) is 13.8. The number of amides is 2. The maximum absolute atomic E-state index is 12.0. The van der Waals surface area contributed by atoms with E-state index in [9.17, 15) is 24.5 Å². The Bertz CT molecular complexity index is 893. The summed E-state index contributed by atoms with van der Waals surface area (Å²) in [5.41, 5.74) is 1.59. The Morgan fingerprint density at radius 3 is 2.24 bits per heavy atom. The number of aliphatic carboxylic acids is 1. The summed E-state index contributed by atoms with van der Waals surface area (Å²) in [6, 6.07) is 12.1. The second kappa shape index (κ2) is 9.98. The van der Waals surface area contributed by atoms with Gasteiger partial charge >= 0.3 is 5.97 Å². The SMILES string of the molecule is CC(Cc1ccc(NC(=O)CCNC(=O)c2ccc([N+](=O)[O-])cc2)cc1)C(=O)O. The number of rotatable bonds is 9. The third kappa shape index (κ3) is 6.73. The van der Waals surface area contributed by atoms with Gasteiger partial charge in [-0.25, -0.2) is 0 Å². The molecule has 29 heavy (non-hydrogen) atoms. The van der Waals surface area contributed by atoms with Crippen LogP contribution in [0.1, 0.15) is 29.3 Å². The first-order valence-electron chi connectivity index (χ1n) is 8.90. The van der Waals surface area contributed by atoms with Gasteiger partial charge < -0.3 is 15.7 Å². The van der Waals surface area contributed by atoms with Crippen LogP contribution in [-0.2, 0) is 16.0 Å². The van der Waals surface area contributed by atoms with Crippen molar-refractivity contribution >= 4 is 29.2 Å². The van der Waals surface area contributed by atoms with Crippen molar-refractivity contribution in [2.24, 2.45) is 5.92 Å². The normalized spacial score (nSPS) is 11.3. The lowest BCUT2D eigenvalue weighted by Crippen LogP contribution is -2.27. The number of hydrogen-bond acceptors (Lipinski definition) is 5. The first kappa shape index (κ1) is 21.5. The third-order valence-corrected chi connectivity index (χ3v) is 4.18. The van der Waals surface area contributed by atoms with E-state index < -0.39 is 22.7 Å². The monoisotopic (exact) mass is 399 g/mol. The van der Waals surface area contributed by atoms with Crippen molar-refractivity contribution in [3.8, 4) is 0 Å². The molecule has 9 heteroatoms. The number of anilines is 1. The number of carbonyl (C=O) groups excluding carboxylic acids is 2. The fourth-order valence-electron chi connectivity index (χ4n) is 2.51. The van der Waals surface area contributed by atoms with E-state index in [1.807, 2.05) is 0 Å². The van der Waals surface area contributed by atoms with E-state index in [1.54, 1.807) is 31.2 Å². The number of hydrogen-bond donors (Lipinski definition) is 3. The summed E-state index contributed by atoms with van der Waals surface area (Å²) in [4.78, 5) is 44.9. The number of benzene rings is 2. The highest BCUT2D eigenvalue weighted by molar-refractivity contribution is 5.95. The van der Waals surface area contributed by atoms with E-state index >= 15 is 0 Å². The number of carboxylic acid groups (broad SMARTS) is 1. The first-order valence-corrected chi connectivity index (χ1v) is 8.90. The van der Waals surface area contributed by atoms with Crippen molar-refractivity contribution in [2.75, 3.05) is 11.9 Å². The minimum absolute atomic E-state index is 0.0521. The molecule has 0 aromatic heterocycles. The van der Waals surface area contributed by atoms with Crippen LogP contribution in [0.3, 0.4) is 0 Å². The number of carboxylic acids is 1. The van der Waals surface area contributed by atoms with Crippen LogP contribution in [0, 0.1) is 16.0 Å². The van der Waals surface area contributed by atoms with Crippen LogP contribution in [0.15, 0.2) is 48.5 Å². The minimum atomic E-state index is -0.863. The molecule has 1 unspecified atom stereocenters. The Balaban J connectivity index is 1.77. The highest BCUT2D eigenvalue weighted by atomic mass is 16.6. The summed E-state index contributed by atoms with van der Waals surface area (Å²) >= 11 is 0. The summed E-state index contributed by atoms with van der Waals surface area (Å²) < 4.78 is 0. The lowest BCUT2D eigenvalue weighted by Gasteiger charge is -2.09. The standard InChI is InChI=1S/C20H21N3O6/c1-13(20(26)27)12-14-2-6-16(7-3-14)22-18(24)10-11-21-19(25)15-4-8-17(9-5-15)23(28)29/h2-9,13H,10-12H2,1H3,(H,21,25)(H,22,24)(H,26,27). The molecule has 0 radical (unpaired) electrons. The van der Waals surface area contributed by atoms with Crippen LogP contribution in [0.2, 0.25) is 0 Å². The predicted octanol–water partition coefficient (Wildman–Crippen LogP) is 2.62. The maximum atomic E-state index is 12.0. The number of non-ortho nitro benzene ring substituents is 1. The Labute approximate surface area is 166 Å². The second-order valence-corrected chi connectivity index (χ2v) is 6.50. The van der Waals surface area contributed by atoms with E-state index in [-0.39, 0.29) is 30.1 Å². The number of nitro groups is 1. The molecule has 3 N–H and O–H groups in total. The van der Waals surface area contributed by atoms with Gasteiger partial charge in [0, 0.05) is 36.3 Å². The Kier molecular flexibility index (Phi) is 7.41. The van der Waals surface area contributed by atoms with Gasteiger partial charge in [-0.1, -0.05) is 19.1 Å². The molecular formula is C20H21N3O6. The molecule has 0 spiro atoms. The molecule has 0 saturated carbocycles. The average Bonchev–Trinajstić information content (AvgIpc) is 2.69. The minimum Gasteiger partial charge on any atom is -0.481 e. The molecule has 0 bridgehead atoms. The summed E-state index contributed by atoms with van der Waals surface area (Å²) in [5.74, 6) is -2.07. The number of carbonyl (C=O) groups is 3. The number of nitrogens with zero attached hydrogens (tertiary/aromatic N) is 1. The second-order valence-electron chi connectivity index (χ2n) is 6.50. The van der Waals surface area contributed by atoms with Gasteiger partial charge in [-0.05, 0) is 36.2 Å². The summed E-state index contributed by atoms with van der Waals surface area (Å²) in [5, 5.41) is 24.8. The van der Waals surface area contributed by atoms with E-state index in [4.69, 9.17) is 5.11 Å². The van der Waals surface area contributed by atoms with Gasteiger partial charge in [0.15, 0.2) is 0 Å². The fourth-order valence-corrected chi connectivity index (χ4v) is 2.51. The number of nitro benzene ring substituents is 1. The molecule has 0 aliphatic carbocycles. The van der Waals surface area contributed by atoms with Gasteiger partial charge in [0.25, 0.3) is 11.6 Å². The molecule has 9 nitrogen and oxygen atoms in total. The van der Waals surface area contributed by atoms with Crippen molar-refractivity contribution in [1.29, 1.82) is 0 Å². The molecule has 0 heterocycles. The van der Waals surface area contributed by atoms with Crippen molar-refractivity contribution in [1.82, 2.24) is 5.32 Å². The molecule has 2 aromatic rings. The van der Waals surface area contributed by atoms with Crippen molar-refractivity contribution < 1.29 is 24.4 Å². The lowest BCUT2D eigenvalue weighted by atomic mass is 10.0. The molecule has 0 aliphatic rings. The Morgan fingerprint density at radius 1 is 1.07 bits per heavy atom. The Hall–Kier alpha value is -3.75. The molecule has 0 saturated heterocycles. The highest BCUT2D eigenvalue weighted by Gasteiger charge is 2.12. The quantitative estimate of drug-likeness (QED) is 0.438. The van der Waals surface area contributed by atoms with Crippen LogP contribution in [0.5, 0.6) is 0 Å². The van der Waals surface area contributed by atoms with E-state index in [0.29, 0.717) is 12.1 Å². The van der Waals surface area contributed by atoms with Crippen LogP contribution in [-0.4, -0.2) is 34.4 Å². The molecular weight excluding hydrogens is 378 g/mol. The fraction of sp³-hybridized carbons (Fsp3) is 0.250.